The Morgan fingerprint density at radius 3 is 3.17 bits per heavy atom. The highest BCUT2D eigenvalue weighted by Crippen LogP contribution is 2.40. The minimum Gasteiger partial charge on any atom is -0.351 e. The van der Waals surface area contributed by atoms with E-state index in [4.69, 9.17) is 5.73 Å². The molecule has 0 saturated heterocycles. The van der Waals surface area contributed by atoms with Gasteiger partial charge in [-0.2, -0.15) is 5.10 Å². The van der Waals surface area contributed by atoms with Gasteiger partial charge < -0.3 is 11.2 Å². The van der Waals surface area contributed by atoms with E-state index < -0.39 is 6.03 Å². The van der Waals surface area contributed by atoms with Gasteiger partial charge in [0.2, 0.25) is 0 Å². The lowest BCUT2D eigenvalue weighted by atomic mass is 9.89. The molecule has 0 bridgehead atoms. The van der Waals surface area contributed by atoms with Crippen molar-refractivity contribution in [2.24, 2.45) is 10.8 Å². The lowest BCUT2D eigenvalue weighted by molar-refractivity contribution is -0.112. The zero-order chi connectivity index (χ0) is 12.9. The van der Waals surface area contributed by atoms with Crippen LogP contribution >= 0.6 is 15.9 Å². The van der Waals surface area contributed by atoms with Crippen molar-refractivity contribution in [3.8, 4) is 0 Å². The minimum atomic E-state index is -0.590. The van der Waals surface area contributed by atoms with Gasteiger partial charge in [-0.15, -0.1) is 0 Å². The molecule has 1 aliphatic carbocycles. The second kappa shape index (κ2) is 3.81. The molecule has 91 valence electrons. The van der Waals surface area contributed by atoms with Gasteiger partial charge >= 0.3 is 6.03 Å². The number of rotatable bonds is 0. The van der Waals surface area contributed by atoms with Gasteiger partial charge in [0.25, 0.3) is 0 Å². The molecule has 6 nitrogen and oxygen atoms in total. The second-order valence-electron chi connectivity index (χ2n) is 3.98. The molecule has 0 fully saturated rings. The van der Waals surface area contributed by atoms with E-state index in [1.165, 1.54) is 4.90 Å². The maximum atomic E-state index is 11.8. The third kappa shape index (κ3) is 1.37. The second-order valence-corrected chi connectivity index (χ2v) is 4.73. The SMILES string of the molecule is NC(=O)N1C(Br)=C2C=NNCC3=C2C1C=[C]C3=O. The maximum Gasteiger partial charge on any atom is 0.320 e. The standard InChI is InChI=1S/C11H8BrN4O2/c12-10-6-4-15-14-3-5-8(17)2-1-7(9(5)6)16(10)11(13)18/h1,4,7,14H,3H2,(H2,13,18). The summed E-state index contributed by atoms with van der Waals surface area (Å²) in [4.78, 5) is 24.7. The molecule has 7 heteroatoms. The predicted octanol–water partition coefficient (Wildman–Crippen LogP) is 0.183. The molecule has 1 atom stereocenters. The number of primary amides is 1. The van der Waals surface area contributed by atoms with Crippen LogP contribution in [0.1, 0.15) is 0 Å². The van der Waals surface area contributed by atoms with Crippen molar-refractivity contribution in [3.63, 3.8) is 0 Å². The number of carbonyl (C=O) groups is 2. The summed E-state index contributed by atoms with van der Waals surface area (Å²) in [5.74, 6) is -0.191. The molecule has 3 rings (SSSR count). The van der Waals surface area contributed by atoms with E-state index >= 15 is 0 Å². The zero-order valence-corrected chi connectivity index (χ0v) is 10.7. The van der Waals surface area contributed by atoms with Crippen LogP contribution in [0.5, 0.6) is 0 Å². The molecule has 0 aromatic heterocycles. The van der Waals surface area contributed by atoms with Crippen molar-refractivity contribution in [3.05, 3.63) is 33.5 Å². The average molecular weight is 308 g/mol. The highest BCUT2D eigenvalue weighted by atomic mass is 79.9. The Morgan fingerprint density at radius 2 is 2.44 bits per heavy atom. The Hall–Kier alpha value is -1.89. The van der Waals surface area contributed by atoms with Crippen molar-refractivity contribution in [1.82, 2.24) is 10.3 Å². The Bertz CT molecular complexity index is 588. The van der Waals surface area contributed by atoms with Crippen molar-refractivity contribution < 1.29 is 9.59 Å². The molecule has 2 aliphatic heterocycles. The molecule has 3 aliphatic rings. The molecule has 0 aromatic rings. The molecule has 3 N–H and O–H groups in total. The summed E-state index contributed by atoms with van der Waals surface area (Å²) in [6.07, 6.45) is 5.76. The smallest absolute Gasteiger partial charge is 0.320 e. The van der Waals surface area contributed by atoms with Crippen LogP contribution in [-0.4, -0.2) is 35.5 Å². The number of hydrogen-bond donors (Lipinski definition) is 2. The van der Waals surface area contributed by atoms with Crippen LogP contribution < -0.4 is 11.2 Å². The van der Waals surface area contributed by atoms with Gasteiger partial charge in [-0.25, -0.2) is 4.79 Å². The largest absolute Gasteiger partial charge is 0.351 e. The summed E-state index contributed by atoms with van der Waals surface area (Å²) in [5.41, 5.74) is 10.2. The third-order valence-corrected chi connectivity index (χ3v) is 3.86. The van der Waals surface area contributed by atoms with Crippen molar-refractivity contribution >= 4 is 34.0 Å². The van der Waals surface area contributed by atoms with E-state index in [1.54, 1.807) is 12.3 Å². The number of nitrogens with zero attached hydrogens (tertiary/aromatic N) is 2. The third-order valence-electron chi connectivity index (χ3n) is 3.05. The van der Waals surface area contributed by atoms with Crippen LogP contribution in [0.2, 0.25) is 0 Å². The number of hydrazone groups is 1. The van der Waals surface area contributed by atoms with E-state index in [0.29, 0.717) is 22.3 Å². The highest BCUT2D eigenvalue weighted by Gasteiger charge is 2.41. The number of nitrogens with one attached hydrogen (secondary N) is 1. The Kier molecular flexibility index (Phi) is 2.37. The summed E-state index contributed by atoms with van der Waals surface area (Å²) < 4.78 is 0.521. The normalized spacial score (nSPS) is 25.3. The summed E-state index contributed by atoms with van der Waals surface area (Å²) >= 11 is 3.33. The first kappa shape index (κ1) is 11.2. The summed E-state index contributed by atoms with van der Waals surface area (Å²) in [7, 11) is 0. The molecule has 18 heavy (non-hydrogen) atoms. The first-order chi connectivity index (χ1) is 8.61. The summed E-state index contributed by atoms with van der Waals surface area (Å²) in [5, 5.41) is 3.98. The number of allylic oxidation sites excluding steroid dienone is 1. The Morgan fingerprint density at radius 1 is 1.67 bits per heavy atom. The number of halogens is 1. The van der Waals surface area contributed by atoms with Crippen molar-refractivity contribution in [2.75, 3.05) is 6.54 Å². The Balaban J connectivity index is 2.24. The van der Waals surface area contributed by atoms with Crippen molar-refractivity contribution in [1.29, 1.82) is 0 Å². The van der Waals surface area contributed by atoms with E-state index in [9.17, 15) is 9.59 Å². The highest BCUT2D eigenvalue weighted by molar-refractivity contribution is 9.11. The number of ketones is 1. The molecular weight excluding hydrogens is 300 g/mol. The quantitative estimate of drug-likeness (QED) is 0.626. The van der Waals surface area contributed by atoms with Gasteiger partial charge in [0.05, 0.1) is 23.4 Å². The molecule has 1 radical (unpaired) electrons. The number of carbonyl (C=O) groups excluding carboxylic acids is 2. The van der Waals surface area contributed by atoms with Crippen molar-refractivity contribution in [2.45, 2.75) is 6.04 Å². The van der Waals surface area contributed by atoms with Crippen LogP contribution in [-0.2, 0) is 4.79 Å². The van der Waals surface area contributed by atoms with Crippen LogP contribution in [0.15, 0.2) is 32.5 Å². The molecule has 2 heterocycles. The van der Waals surface area contributed by atoms with Gasteiger partial charge in [0.1, 0.15) is 0 Å². The minimum absolute atomic E-state index is 0.191. The summed E-state index contributed by atoms with van der Waals surface area (Å²) in [6.45, 7) is 0.318. The average Bonchev–Trinajstić information content (AvgIpc) is 2.50. The van der Waals surface area contributed by atoms with Crippen LogP contribution in [0.3, 0.4) is 0 Å². The van der Waals surface area contributed by atoms with Gasteiger partial charge in [-0.05, 0) is 27.6 Å². The topological polar surface area (TPSA) is 87.8 Å². The number of nitrogens with two attached hydrogens (primary N) is 1. The van der Waals surface area contributed by atoms with Gasteiger partial charge in [-0.3, -0.25) is 9.69 Å². The van der Waals surface area contributed by atoms with Crippen LogP contribution in [0, 0.1) is 6.08 Å². The molecular formula is C11H8BrN4O2. The maximum absolute atomic E-state index is 11.8. The van der Waals surface area contributed by atoms with E-state index in [-0.39, 0.29) is 11.8 Å². The Labute approximate surface area is 111 Å². The monoisotopic (exact) mass is 307 g/mol. The van der Waals surface area contributed by atoms with Gasteiger partial charge in [0.15, 0.2) is 5.78 Å². The lowest BCUT2D eigenvalue weighted by Gasteiger charge is -2.24. The molecule has 0 spiro atoms. The van der Waals surface area contributed by atoms with Gasteiger partial charge in [0, 0.05) is 17.2 Å². The molecule has 0 saturated carbocycles. The number of Topliss-reactive ketones (excluding diaryl/α,β-unsaturated/α-hetero) is 1. The fourth-order valence-electron chi connectivity index (χ4n) is 2.28. The fraction of sp³-hybridized carbons (Fsp3) is 0.182. The predicted molar refractivity (Wildman–Crippen MR) is 67.5 cm³/mol. The van der Waals surface area contributed by atoms with E-state index in [0.717, 1.165) is 5.57 Å². The molecule has 2 amide bonds. The lowest BCUT2D eigenvalue weighted by Crippen LogP contribution is -2.40. The molecule has 1 unspecified atom stereocenters. The first-order valence-corrected chi connectivity index (χ1v) is 6.02. The van der Waals surface area contributed by atoms with E-state index in [2.05, 4.69) is 32.5 Å². The van der Waals surface area contributed by atoms with Crippen LogP contribution in [0.4, 0.5) is 4.79 Å². The van der Waals surface area contributed by atoms with Crippen LogP contribution in [0.25, 0.3) is 0 Å². The first-order valence-electron chi connectivity index (χ1n) is 5.23. The number of hydrogen-bond acceptors (Lipinski definition) is 4. The fourth-order valence-corrected chi connectivity index (χ4v) is 2.99. The molecule has 0 aromatic carbocycles. The van der Waals surface area contributed by atoms with Gasteiger partial charge in [-0.1, -0.05) is 0 Å². The zero-order valence-electron chi connectivity index (χ0n) is 9.11. The number of urea groups is 1. The summed E-state index contributed by atoms with van der Waals surface area (Å²) in [6, 6.07) is -0.973. The van der Waals surface area contributed by atoms with E-state index in [1.807, 2.05) is 0 Å². The number of amides is 2.